The van der Waals surface area contributed by atoms with Gasteiger partial charge in [0.05, 0.1) is 0 Å². The molecule has 0 saturated heterocycles. The van der Waals surface area contributed by atoms with Crippen molar-refractivity contribution in [2.24, 2.45) is 5.84 Å². The maximum Gasteiger partial charge on any atom is 0.405 e. The summed E-state index contributed by atoms with van der Waals surface area (Å²) in [7, 11) is 1.28. The van der Waals surface area contributed by atoms with E-state index in [2.05, 4.69) is 31.3 Å². The predicted octanol–water partition coefficient (Wildman–Crippen LogP) is 1.52. The van der Waals surface area contributed by atoms with Crippen LogP contribution in [0.1, 0.15) is 0 Å². The molecule has 0 radical (unpaired) electrons. The Bertz CT molecular complexity index is 370. The molecule has 1 rings (SSSR count). The van der Waals surface area contributed by atoms with E-state index in [1.54, 1.807) is 0 Å². The number of rotatable bonds is 3. The van der Waals surface area contributed by atoms with Gasteiger partial charge in [-0.1, -0.05) is 0 Å². The van der Waals surface area contributed by atoms with Crippen LogP contribution in [0.4, 0.5) is 24.8 Å². The lowest BCUT2D eigenvalue weighted by Crippen LogP contribution is -2.32. The molecule has 1 heterocycles. The van der Waals surface area contributed by atoms with Gasteiger partial charge in [-0.2, -0.15) is 13.2 Å². The number of halogens is 4. The monoisotopic (exact) mass is 299 g/mol. The van der Waals surface area contributed by atoms with Gasteiger partial charge in [0.25, 0.3) is 0 Å². The van der Waals surface area contributed by atoms with Gasteiger partial charge in [-0.15, -0.1) is 0 Å². The van der Waals surface area contributed by atoms with Gasteiger partial charge in [0.1, 0.15) is 23.2 Å². The van der Waals surface area contributed by atoms with Crippen molar-refractivity contribution < 1.29 is 13.2 Å². The zero-order chi connectivity index (χ0) is 12.3. The molecule has 0 fully saturated rings. The summed E-state index contributed by atoms with van der Waals surface area (Å²) in [5, 5.41) is 0. The fraction of sp³-hybridized carbons (Fsp3) is 0.429. The number of nitrogen functional groups attached to an aromatic ring is 1. The highest BCUT2D eigenvalue weighted by atomic mass is 79.9. The van der Waals surface area contributed by atoms with Gasteiger partial charge in [0.2, 0.25) is 0 Å². The van der Waals surface area contributed by atoms with Crippen molar-refractivity contribution in [2.75, 3.05) is 23.9 Å². The lowest BCUT2D eigenvalue weighted by Gasteiger charge is -2.21. The number of hydrogen-bond donors (Lipinski definition) is 2. The molecular weight excluding hydrogens is 291 g/mol. The third-order valence-electron chi connectivity index (χ3n) is 1.69. The summed E-state index contributed by atoms with van der Waals surface area (Å²) < 4.78 is 36.8. The van der Waals surface area contributed by atoms with Crippen molar-refractivity contribution in [2.45, 2.75) is 6.18 Å². The molecule has 0 spiro atoms. The van der Waals surface area contributed by atoms with Crippen LogP contribution in [0.15, 0.2) is 10.8 Å². The molecule has 0 bridgehead atoms. The first-order valence-electron chi connectivity index (χ1n) is 4.10. The fourth-order valence-electron chi connectivity index (χ4n) is 1.07. The van der Waals surface area contributed by atoms with E-state index in [-0.39, 0.29) is 16.1 Å². The molecule has 0 aromatic carbocycles. The molecule has 1 aromatic heterocycles. The molecule has 0 atom stereocenters. The van der Waals surface area contributed by atoms with Crippen LogP contribution in [-0.4, -0.2) is 29.7 Å². The first-order valence-corrected chi connectivity index (χ1v) is 4.89. The number of hydrazine groups is 1. The molecule has 0 aliphatic heterocycles. The first kappa shape index (κ1) is 13.0. The quantitative estimate of drug-likeness (QED) is 0.654. The van der Waals surface area contributed by atoms with Crippen molar-refractivity contribution in [1.29, 1.82) is 0 Å². The maximum atomic E-state index is 12.2. The van der Waals surface area contributed by atoms with Crippen molar-refractivity contribution >= 4 is 27.6 Å². The van der Waals surface area contributed by atoms with Crippen molar-refractivity contribution in [1.82, 2.24) is 9.97 Å². The minimum Gasteiger partial charge on any atom is -0.349 e. The second kappa shape index (κ2) is 4.83. The summed E-state index contributed by atoms with van der Waals surface area (Å²) in [6.07, 6.45) is -3.17. The van der Waals surface area contributed by atoms with Gasteiger partial charge in [-0.05, 0) is 15.9 Å². The maximum absolute atomic E-state index is 12.2. The van der Waals surface area contributed by atoms with Gasteiger partial charge in [0.15, 0.2) is 5.82 Å². The largest absolute Gasteiger partial charge is 0.405 e. The average molecular weight is 300 g/mol. The van der Waals surface area contributed by atoms with Gasteiger partial charge < -0.3 is 10.3 Å². The van der Waals surface area contributed by atoms with Crippen molar-refractivity contribution in [3.8, 4) is 0 Å². The number of anilines is 2. The van der Waals surface area contributed by atoms with Gasteiger partial charge >= 0.3 is 6.18 Å². The first-order chi connectivity index (χ1) is 7.35. The van der Waals surface area contributed by atoms with E-state index in [1.807, 2.05) is 0 Å². The normalized spacial score (nSPS) is 11.4. The summed E-state index contributed by atoms with van der Waals surface area (Å²) in [4.78, 5) is 8.43. The molecule has 16 heavy (non-hydrogen) atoms. The fourth-order valence-corrected chi connectivity index (χ4v) is 1.69. The number of nitrogens with two attached hydrogens (primary N) is 1. The van der Waals surface area contributed by atoms with Gasteiger partial charge in [-0.25, -0.2) is 15.8 Å². The Morgan fingerprint density at radius 1 is 1.50 bits per heavy atom. The minimum atomic E-state index is -4.30. The van der Waals surface area contributed by atoms with Crippen LogP contribution in [0.3, 0.4) is 0 Å². The van der Waals surface area contributed by atoms with Gasteiger partial charge in [-0.3, -0.25) is 0 Å². The SMILES string of the molecule is CN(CC(F)(F)F)c1ncnc(NN)c1Br. The highest BCUT2D eigenvalue weighted by molar-refractivity contribution is 9.10. The molecule has 9 heteroatoms. The summed E-state index contributed by atoms with van der Waals surface area (Å²) in [5.74, 6) is 5.47. The Hall–Kier alpha value is -1.09. The standard InChI is InChI=1S/C7H9BrF3N5/c1-16(2-7(9,10)11)6-4(8)5(15-12)13-3-14-6/h3H,2,12H2,1H3,(H,13,14,15). The molecule has 0 amide bonds. The number of aromatic nitrogens is 2. The highest BCUT2D eigenvalue weighted by Crippen LogP contribution is 2.29. The average Bonchev–Trinajstić information content (AvgIpc) is 2.15. The molecule has 5 nitrogen and oxygen atoms in total. The zero-order valence-corrected chi connectivity index (χ0v) is 9.80. The summed E-state index contributed by atoms with van der Waals surface area (Å²) in [6.45, 7) is -1.10. The van der Waals surface area contributed by atoms with E-state index in [9.17, 15) is 13.2 Å². The Labute approximate surface area is 97.9 Å². The third-order valence-corrected chi connectivity index (χ3v) is 2.42. The number of hydrogen-bond acceptors (Lipinski definition) is 5. The van der Waals surface area contributed by atoms with Crippen LogP contribution in [-0.2, 0) is 0 Å². The van der Waals surface area contributed by atoms with E-state index in [0.717, 1.165) is 11.2 Å². The topological polar surface area (TPSA) is 67.1 Å². The molecule has 1 aromatic rings. The molecule has 0 aliphatic carbocycles. The second-order valence-electron chi connectivity index (χ2n) is 2.98. The van der Waals surface area contributed by atoms with Crippen LogP contribution in [0.25, 0.3) is 0 Å². The molecule has 0 unspecified atom stereocenters. The third kappa shape index (κ3) is 3.20. The predicted molar refractivity (Wildman–Crippen MR) is 56.9 cm³/mol. The van der Waals surface area contributed by atoms with Crippen LogP contribution < -0.4 is 16.2 Å². The van der Waals surface area contributed by atoms with E-state index in [0.29, 0.717) is 0 Å². The molecule has 90 valence electrons. The Morgan fingerprint density at radius 2 is 2.12 bits per heavy atom. The molecule has 0 saturated carbocycles. The van der Waals surface area contributed by atoms with Crippen LogP contribution in [0.5, 0.6) is 0 Å². The minimum absolute atomic E-state index is 0.111. The van der Waals surface area contributed by atoms with Crippen LogP contribution in [0, 0.1) is 0 Å². The second-order valence-corrected chi connectivity index (χ2v) is 3.77. The Balaban J connectivity index is 2.95. The lowest BCUT2D eigenvalue weighted by molar-refractivity contribution is -0.119. The van der Waals surface area contributed by atoms with Crippen LogP contribution >= 0.6 is 15.9 Å². The molecule has 0 aliphatic rings. The zero-order valence-electron chi connectivity index (χ0n) is 8.22. The van der Waals surface area contributed by atoms with E-state index < -0.39 is 12.7 Å². The van der Waals surface area contributed by atoms with Gasteiger partial charge in [0, 0.05) is 7.05 Å². The molecular formula is C7H9BrF3N5. The van der Waals surface area contributed by atoms with E-state index in [4.69, 9.17) is 5.84 Å². The molecule has 3 N–H and O–H groups in total. The number of nitrogens with zero attached hydrogens (tertiary/aromatic N) is 3. The van der Waals surface area contributed by atoms with E-state index in [1.165, 1.54) is 7.05 Å². The Morgan fingerprint density at radius 3 is 2.62 bits per heavy atom. The number of nitrogens with one attached hydrogen (secondary N) is 1. The van der Waals surface area contributed by atoms with Crippen molar-refractivity contribution in [3.63, 3.8) is 0 Å². The Kier molecular flexibility index (Phi) is 3.92. The highest BCUT2D eigenvalue weighted by Gasteiger charge is 2.30. The number of alkyl halides is 3. The lowest BCUT2D eigenvalue weighted by atomic mass is 10.4. The summed E-state index contributed by atoms with van der Waals surface area (Å²) in [6, 6.07) is 0. The summed E-state index contributed by atoms with van der Waals surface area (Å²) in [5.41, 5.74) is 2.25. The van der Waals surface area contributed by atoms with E-state index >= 15 is 0 Å². The van der Waals surface area contributed by atoms with Crippen LogP contribution in [0.2, 0.25) is 0 Å². The smallest absolute Gasteiger partial charge is 0.349 e. The van der Waals surface area contributed by atoms with Crippen molar-refractivity contribution in [3.05, 3.63) is 10.8 Å². The summed E-state index contributed by atoms with van der Waals surface area (Å²) >= 11 is 3.07.